The summed E-state index contributed by atoms with van der Waals surface area (Å²) in [5.74, 6) is -0.522. The lowest BCUT2D eigenvalue weighted by molar-refractivity contribution is 0.0600. The van der Waals surface area contributed by atoms with Crippen molar-refractivity contribution in [2.45, 2.75) is 0 Å². The largest absolute Gasteiger partial charge is 0.465 e. The van der Waals surface area contributed by atoms with Crippen molar-refractivity contribution in [1.29, 1.82) is 0 Å². The highest BCUT2D eigenvalue weighted by molar-refractivity contribution is 6.34. The normalized spacial score (nSPS) is 10.2. The van der Waals surface area contributed by atoms with E-state index in [2.05, 4.69) is 25.3 Å². The van der Waals surface area contributed by atoms with E-state index in [-0.39, 0.29) is 22.0 Å². The number of nitrogens with one attached hydrogen (secondary N) is 2. The molecule has 1 aromatic carbocycles. The molecule has 2 aromatic rings. The first-order valence-electron chi connectivity index (χ1n) is 7.29. The lowest BCUT2D eigenvalue weighted by Gasteiger charge is -2.09. The van der Waals surface area contributed by atoms with Gasteiger partial charge in [-0.1, -0.05) is 11.6 Å². The highest BCUT2D eigenvalue weighted by Crippen LogP contribution is 2.24. The Labute approximate surface area is 149 Å². The number of carbonyl (C=O) groups is 2. The van der Waals surface area contributed by atoms with Crippen LogP contribution in [0.15, 0.2) is 30.6 Å². The number of anilines is 2. The fourth-order valence-corrected chi connectivity index (χ4v) is 2.08. The Morgan fingerprint density at radius 2 is 2.00 bits per heavy atom. The van der Waals surface area contributed by atoms with E-state index in [4.69, 9.17) is 16.3 Å². The molecule has 0 bridgehead atoms. The Hall–Kier alpha value is -2.71. The Kier molecular flexibility index (Phi) is 6.67. The number of esters is 1. The number of hydrogen-bond acceptors (Lipinski definition) is 7. The topological polar surface area (TPSA) is 102 Å². The molecule has 0 fully saturated rings. The molecule has 0 saturated heterocycles. The fourth-order valence-electron chi connectivity index (χ4n) is 1.91. The number of hydrogen-bond donors (Lipinski definition) is 2. The average molecular weight is 365 g/mol. The summed E-state index contributed by atoms with van der Waals surface area (Å²) in [7, 11) is 2.86. The maximum absolute atomic E-state index is 12.4. The van der Waals surface area contributed by atoms with E-state index in [1.165, 1.54) is 37.7 Å². The van der Waals surface area contributed by atoms with E-state index >= 15 is 0 Å². The van der Waals surface area contributed by atoms with Crippen LogP contribution in [0.1, 0.15) is 20.8 Å². The molecule has 0 aliphatic carbocycles. The van der Waals surface area contributed by atoms with Gasteiger partial charge in [-0.25, -0.2) is 14.8 Å². The molecule has 0 spiro atoms. The predicted molar refractivity (Wildman–Crippen MR) is 93.1 cm³/mol. The van der Waals surface area contributed by atoms with Crippen molar-refractivity contribution in [2.24, 2.45) is 0 Å². The molecule has 0 unspecified atom stereocenters. The zero-order valence-corrected chi connectivity index (χ0v) is 14.5. The molecular formula is C16H17ClN4O4. The zero-order chi connectivity index (χ0) is 18.2. The smallest absolute Gasteiger partial charge is 0.337 e. The molecule has 0 saturated carbocycles. The van der Waals surface area contributed by atoms with Gasteiger partial charge in [0.05, 0.1) is 30.0 Å². The summed E-state index contributed by atoms with van der Waals surface area (Å²) in [6.45, 7) is 1.04. The number of amides is 1. The van der Waals surface area contributed by atoms with Crippen LogP contribution in [-0.2, 0) is 9.47 Å². The Balaban J connectivity index is 2.14. The van der Waals surface area contributed by atoms with E-state index in [0.29, 0.717) is 19.0 Å². The minimum atomic E-state index is -0.529. The Bertz CT molecular complexity index is 770. The summed E-state index contributed by atoms with van der Waals surface area (Å²) in [6, 6.07) is 5.95. The van der Waals surface area contributed by atoms with Gasteiger partial charge >= 0.3 is 5.97 Å². The highest BCUT2D eigenvalue weighted by Gasteiger charge is 2.14. The average Bonchev–Trinajstić information content (AvgIpc) is 2.63. The highest BCUT2D eigenvalue weighted by atomic mass is 35.5. The first kappa shape index (κ1) is 18.6. The molecule has 0 radical (unpaired) electrons. The third-order valence-electron chi connectivity index (χ3n) is 3.15. The molecule has 0 aliphatic heterocycles. The Morgan fingerprint density at radius 1 is 1.20 bits per heavy atom. The van der Waals surface area contributed by atoms with Crippen LogP contribution < -0.4 is 10.6 Å². The van der Waals surface area contributed by atoms with Gasteiger partial charge in [0.2, 0.25) is 0 Å². The predicted octanol–water partition coefficient (Wildman–Crippen LogP) is 2.23. The lowest BCUT2D eigenvalue weighted by atomic mass is 10.2. The molecule has 9 heteroatoms. The molecule has 2 rings (SSSR count). The first-order chi connectivity index (χ1) is 12.0. The second-order valence-electron chi connectivity index (χ2n) is 4.85. The van der Waals surface area contributed by atoms with E-state index in [0.717, 1.165) is 0 Å². The van der Waals surface area contributed by atoms with Gasteiger partial charge in [-0.2, -0.15) is 0 Å². The number of carbonyl (C=O) groups excluding carboxylic acids is 2. The summed E-state index contributed by atoms with van der Waals surface area (Å²) < 4.78 is 9.58. The van der Waals surface area contributed by atoms with Crippen LogP contribution in [0.4, 0.5) is 11.5 Å². The molecule has 25 heavy (non-hydrogen) atoms. The van der Waals surface area contributed by atoms with Crippen LogP contribution in [0.2, 0.25) is 5.02 Å². The van der Waals surface area contributed by atoms with Crippen molar-refractivity contribution in [3.05, 3.63) is 46.9 Å². The Morgan fingerprint density at radius 3 is 2.72 bits per heavy atom. The molecule has 0 aliphatic rings. The quantitative estimate of drug-likeness (QED) is 0.573. The number of halogens is 1. The van der Waals surface area contributed by atoms with Crippen molar-refractivity contribution in [3.63, 3.8) is 0 Å². The summed E-state index contributed by atoms with van der Waals surface area (Å²) in [6.07, 6.45) is 1.27. The lowest BCUT2D eigenvalue weighted by Crippen LogP contribution is -2.16. The standard InChI is InChI=1S/C16H17ClN4O4/c1-24-6-5-18-14-8-13(19-9-20-14)15(22)21-12-7-10(16(23)25-2)3-4-11(12)17/h3-4,7-9H,5-6H2,1-2H3,(H,21,22)(H,18,19,20). The van der Waals surface area contributed by atoms with Crippen molar-refractivity contribution >= 4 is 35.0 Å². The number of benzene rings is 1. The summed E-state index contributed by atoms with van der Waals surface area (Å²) in [5.41, 5.74) is 0.698. The van der Waals surface area contributed by atoms with E-state index < -0.39 is 11.9 Å². The van der Waals surface area contributed by atoms with Crippen LogP contribution in [0, 0.1) is 0 Å². The van der Waals surface area contributed by atoms with Gasteiger partial charge in [-0.3, -0.25) is 4.79 Å². The zero-order valence-electron chi connectivity index (χ0n) is 13.7. The van der Waals surface area contributed by atoms with E-state index in [1.807, 2.05) is 0 Å². The van der Waals surface area contributed by atoms with Gasteiger partial charge in [0, 0.05) is 19.7 Å². The van der Waals surface area contributed by atoms with Crippen LogP contribution in [-0.4, -0.2) is 49.2 Å². The van der Waals surface area contributed by atoms with Crippen molar-refractivity contribution in [3.8, 4) is 0 Å². The minimum Gasteiger partial charge on any atom is -0.465 e. The van der Waals surface area contributed by atoms with E-state index in [1.54, 1.807) is 7.11 Å². The maximum atomic E-state index is 12.4. The minimum absolute atomic E-state index is 0.148. The molecule has 2 N–H and O–H groups in total. The van der Waals surface area contributed by atoms with Crippen molar-refractivity contribution in [2.75, 3.05) is 38.0 Å². The molecular weight excluding hydrogens is 348 g/mol. The fraction of sp³-hybridized carbons (Fsp3) is 0.250. The molecule has 8 nitrogen and oxygen atoms in total. The molecule has 0 atom stereocenters. The van der Waals surface area contributed by atoms with Gasteiger partial charge in [0.25, 0.3) is 5.91 Å². The second-order valence-corrected chi connectivity index (χ2v) is 5.26. The number of methoxy groups -OCH3 is 2. The second kappa shape index (κ2) is 8.95. The number of nitrogens with zero attached hydrogens (tertiary/aromatic N) is 2. The van der Waals surface area contributed by atoms with Crippen LogP contribution in [0.5, 0.6) is 0 Å². The van der Waals surface area contributed by atoms with Gasteiger partial charge in [0.15, 0.2) is 0 Å². The van der Waals surface area contributed by atoms with Gasteiger partial charge < -0.3 is 20.1 Å². The molecule has 1 amide bonds. The van der Waals surface area contributed by atoms with Crippen molar-refractivity contribution < 1.29 is 19.1 Å². The third kappa shape index (κ3) is 5.13. The maximum Gasteiger partial charge on any atom is 0.337 e. The van der Waals surface area contributed by atoms with Gasteiger partial charge in [-0.15, -0.1) is 0 Å². The van der Waals surface area contributed by atoms with Gasteiger partial charge in [-0.05, 0) is 18.2 Å². The van der Waals surface area contributed by atoms with Crippen LogP contribution in [0.3, 0.4) is 0 Å². The molecule has 132 valence electrons. The monoisotopic (exact) mass is 364 g/mol. The van der Waals surface area contributed by atoms with E-state index in [9.17, 15) is 9.59 Å². The SMILES string of the molecule is COCCNc1cc(C(=O)Nc2cc(C(=O)OC)ccc2Cl)ncn1. The first-order valence-corrected chi connectivity index (χ1v) is 7.67. The third-order valence-corrected chi connectivity index (χ3v) is 3.48. The molecule has 1 aromatic heterocycles. The van der Waals surface area contributed by atoms with Crippen LogP contribution in [0.25, 0.3) is 0 Å². The van der Waals surface area contributed by atoms with Crippen molar-refractivity contribution in [1.82, 2.24) is 9.97 Å². The summed E-state index contributed by atoms with van der Waals surface area (Å²) in [4.78, 5) is 31.9. The number of aromatic nitrogens is 2. The molecule has 1 heterocycles. The number of ether oxygens (including phenoxy) is 2. The number of rotatable bonds is 7. The summed E-state index contributed by atoms with van der Waals surface area (Å²) >= 11 is 6.07. The summed E-state index contributed by atoms with van der Waals surface area (Å²) in [5, 5.41) is 5.91. The van der Waals surface area contributed by atoms with Crippen LogP contribution >= 0.6 is 11.6 Å². The van der Waals surface area contributed by atoms with Gasteiger partial charge in [0.1, 0.15) is 17.8 Å².